The number of ether oxygens (including phenoxy) is 1. The van der Waals surface area contributed by atoms with Gasteiger partial charge in [-0.15, -0.1) is 0 Å². The lowest BCUT2D eigenvalue weighted by molar-refractivity contribution is -0.385. The van der Waals surface area contributed by atoms with Crippen LogP contribution in [0, 0.1) is 10.1 Å². The quantitative estimate of drug-likeness (QED) is 0.479. The number of hydrogen-bond acceptors (Lipinski definition) is 5. The maximum absolute atomic E-state index is 12.2. The van der Waals surface area contributed by atoms with Crippen molar-refractivity contribution in [3.8, 4) is 0 Å². The molecule has 27 heavy (non-hydrogen) atoms. The Balaban J connectivity index is 1.63. The second kappa shape index (κ2) is 8.18. The third kappa shape index (κ3) is 4.43. The van der Waals surface area contributed by atoms with Gasteiger partial charge in [0.05, 0.1) is 11.0 Å². The molecule has 1 amide bonds. The molecule has 8 heteroatoms. The average molecular weight is 389 g/mol. The molecule has 0 saturated carbocycles. The van der Waals surface area contributed by atoms with E-state index < -0.39 is 29.1 Å². The van der Waals surface area contributed by atoms with Crippen molar-refractivity contribution < 1.29 is 19.2 Å². The van der Waals surface area contributed by atoms with E-state index in [-0.39, 0.29) is 16.6 Å². The maximum atomic E-state index is 12.2. The molecule has 0 spiro atoms. The molecule has 0 fully saturated rings. The van der Waals surface area contributed by atoms with Crippen LogP contribution in [0.4, 0.5) is 5.69 Å². The number of carbonyl (C=O) groups excluding carboxylic acids is 2. The third-order valence-corrected chi connectivity index (χ3v) is 4.65. The SMILES string of the molecule is O=C(COC(=O)c1cc(Cl)ccc1[N+](=O)[O-])NC1CCCc2ccccc21. The van der Waals surface area contributed by atoms with Gasteiger partial charge in [-0.05, 0) is 42.5 Å². The van der Waals surface area contributed by atoms with Crippen molar-refractivity contribution in [2.75, 3.05) is 6.61 Å². The summed E-state index contributed by atoms with van der Waals surface area (Å²) < 4.78 is 4.95. The lowest BCUT2D eigenvalue weighted by atomic mass is 9.88. The van der Waals surface area contributed by atoms with Crippen LogP contribution in [0.1, 0.15) is 40.4 Å². The number of rotatable bonds is 5. The monoisotopic (exact) mass is 388 g/mol. The van der Waals surface area contributed by atoms with E-state index in [2.05, 4.69) is 5.32 Å². The predicted molar refractivity (Wildman–Crippen MR) is 98.7 cm³/mol. The number of halogens is 1. The zero-order chi connectivity index (χ0) is 19.4. The van der Waals surface area contributed by atoms with Gasteiger partial charge in [-0.25, -0.2) is 4.79 Å². The zero-order valence-corrected chi connectivity index (χ0v) is 15.1. The molecule has 1 N–H and O–H groups in total. The van der Waals surface area contributed by atoms with Gasteiger partial charge in [0.2, 0.25) is 0 Å². The van der Waals surface area contributed by atoms with Crippen molar-refractivity contribution in [3.05, 3.63) is 74.3 Å². The number of nitro benzene ring substituents is 1. The largest absolute Gasteiger partial charge is 0.452 e. The molecular weight excluding hydrogens is 372 g/mol. The Morgan fingerprint density at radius 2 is 2.04 bits per heavy atom. The van der Waals surface area contributed by atoms with E-state index in [4.69, 9.17) is 16.3 Å². The highest BCUT2D eigenvalue weighted by molar-refractivity contribution is 6.31. The standard InChI is InChI=1S/C19H17ClN2O5/c20-13-8-9-17(22(25)26)15(10-13)19(24)27-11-18(23)21-16-7-3-5-12-4-1-2-6-14(12)16/h1-2,4,6,8-10,16H,3,5,7,11H2,(H,21,23). The maximum Gasteiger partial charge on any atom is 0.345 e. The van der Waals surface area contributed by atoms with E-state index >= 15 is 0 Å². The highest BCUT2D eigenvalue weighted by Gasteiger charge is 2.24. The number of benzene rings is 2. The third-order valence-electron chi connectivity index (χ3n) is 4.41. The number of nitro groups is 1. The van der Waals surface area contributed by atoms with Crippen molar-refractivity contribution in [1.29, 1.82) is 0 Å². The summed E-state index contributed by atoms with van der Waals surface area (Å²) in [6.07, 6.45) is 2.73. The number of aryl methyl sites for hydroxylation is 1. The Hall–Kier alpha value is -2.93. The summed E-state index contributed by atoms with van der Waals surface area (Å²) in [4.78, 5) is 34.7. The molecular formula is C19H17ClN2O5. The first-order chi connectivity index (χ1) is 13.0. The Kier molecular flexibility index (Phi) is 5.71. The molecule has 3 rings (SSSR count). The van der Waals surface area contributed by atoms with Crippen LogP contribution in [-0.2, 0) is 16.0 Å². The summed E-state index contributed by atoms with van der Waals surface area (Å²) in [5.74, 6) is -1.43. The second-order valence-electron chi connectivity index (χ2n) is 6.21. The van der Waals surface area contributed by atoms with E-state index in [0.717, 1.165) is 37.0 Å². The topological polar surface area (TPSA) is 98.5 Å². The first-order valence-electron chi connectivity index (χ1n) is 8.44. The van der Waals surface area contributed by atoms with Crippen LogP contribution in [0.15, 0.2) is 42.5 Å². The highest BCUT2D eigenvalue weighted by Crippen LogP contribution is 2.29. The van der Waals surface area contributed by atoms with Gasteiger partial charge in [0, 0.05) is 11.1 Å². The van der Waals surface area contributed by atoms with E-state index in [1.807, 2.05) is 24.3 Å². The van der Waals surface area contributed by atoms with Crippen LogP contribution in [0.25, 0.3) is 0 Å². The van der Waals surface area contributed by atoms with Gasteiger partial charge in [0.25, 0.3) is 11.6 Å². The van der Waals surface area contributed by atoms with Crippen LogP contribution in [0.3, 0.4) is 0 Å². The minimum atomic E-state index is -0.969. The van der Waals surface area contributed by atoms with Gasteiger partial charge in [-0.3, -0.25) is 14.9 Å². The van der Waals surface area contributed by atoms with Crippen molar-refractivity contribution in [3.63, 3.8) is 0 Å². The van der Waals surface area contributed by atoms with E-state index in [1.54, 1.807) is 0 Å². The minimum Gasteiger partial charge on any atom is -0.452 e. The molecule has 7 nitrogen and oxygen atoms in total. The molecule has 1 aliphatic rings. The predicted octanol–water partition coefficient (Wildman–Crippen LogP) is 3.60. The molecule has 140 valence electrons. The Morgan fingerprint density at radius 1 is 1.26 bits per heavy atom. The summed E-state index contributed by atoms with van der Waals surface area (Å²) in [5.41, 5.74) is 1.55. The smallest absolute Gasteiger partial charge is 0.345 e. The van der Waals surface area contributed by atoms with Gasteiger partial charge in [0.1, 0.15) is 5.56 Å². The molecule has 2 aromatic rings. The van der Waals surface area contributed by atoms with Gasteiger partial charge >= 0.3 is 5.97 Å². The van der Waals surface area contributed by atoms with Crippen LogP contribution < -0.4 is 5.32 Å². The van der Waals surface area contributed by atoms with Crippen LogP contribution in [0.5, 0.6) is 0 Å². The van der Waals surface area contributed by atoms with Crippen molar-refractivity contribution in [2.45, 2.75) is 25.3 Å². The van der Waals surface area contributed by atoms with Crippen molar-refractivity contribution >= 4 is 29.2 Å². The summed E-state index contributed by atoms with van der Waals surface area (Å²) in [6, 6.07) is 11.3. The van der Waals surface area contributed by atoms with Gasteiger partial charge in [-0.1, -0.05) is 35.9 Å². The van der Waals surface area contributed by atoms with Crippen LogP contribution in [0.2, 0.25) is 5.02 Å². The summed E-state index contributed by atoms with van der Waals surface area (Å²) in [7, 11) is 0. The molecule has 0 aromatic heterocycles. The zero-order valence-electron chi connectivity index (χ0n) is 14.3. The van der Waals surface area contributed by atoms with Crippen LogP contribution in [-0.4, -0.2) is 23.4 Å². The molecule has 0 aliphatic heterocycles. The molecule has 1 unspecified atom stereocenters. The van der Waals surface area contributed by atoms with Gasteiger partial charge < -0.3 is 10.1 Å². The van der Waals surface area contributed by atoms with Gasteiger partial charge in [0.15, 0.2) is 6.61 Å². The average Bonchev–Trinajstić information content (AvgIpc) is 2.66. The Labute approximate surface area is 160 Å². The molecule has 1 atom stereocenters. The van der Waals surface area contributed by atoms with E-state index in [0.29, 0.717) is 0 Å². The molecule has 0 radical (unpaired) electrons. The fourth-order valence-electron chi connectivity index (χ4n) is 3.18. The van der Waals surface area contributed by atoms with Crippen molar-refractivity contribution in [1.82, 2.24) is 5.32 Å². The molecule has 0 saturated heterocycles. The highest BCUT2D eigenvalue weighted by atomic mass is 35.5. The number of fused-ring (bicyclic) bond motifs is 1. The number of hydrogen-bond donors (Lipinski definition) is 1. The molecule has 0 heterocycles. The number of carbonyl (C=O) groups is 2. The second-order valence-corrected chi connectivity index (χ2v) is 6.64. The summed E-state index contributed by atoms with van der Waals surface area (Å²) >= 11 is 5.80. The first kappa shape index (κ1) is 18.8. The lowest BCUT2D eigenvalue weighted by Crippen LogP contribution is -2.34. The van der Waals surface area contributed by atoms with Crippen molar-refractivity contribution in [2.24, 2.45) is 0 Å². The summed E-state index contributed by atoms with van der Waals surface area (Å²) in [5, 5.41) is 14.0. The normalized spacial score (nSPS) is 15.5. The lowest BCUT2D eigenvalue weighted by Gasteiger charge is -2.26. The van der Waals surface area contributed by atoms with Crippen LogP contribution >= 0.6 is 11.6 Å². The van der Waals surface area contributed by atoms with E-state index in [9.17, 15) is 19.7 Å². The Morgan fingerprint density at radius 3 is 2.81 bits per heavy atom. The number of esters is 1. The van der Waals surface area contributed by atoms with Gasteiger partial charge in [-0.2, -0.15) is 0 Å². The van der Waals surface area contributed by atoms with E-state index in [1.165, 1.54) is 11.6 Å². The summed E-state index contributed by atoms with van der Waals surface area (Å²) in [6.45, 7) is -0.527. The first-order valence-corrected chi connectivity index (χ1v) is 8.81. The Bertz CT molecular complexity index is 899. The molecule has 0 bridgehead atoms. The number of amides is 1. The number of nitrogens with zero attached hydrogens (tertiary/aromatic N) is 1. The fourth-order valence-corrected chi connectivity index (χ4v) is 3.35. The molecule has 2 aromatic carbocycles. The number of nitrogens with one attached hydrogen (secondary N) is 1. The minimum absolute atomic E-state index is 0.137. The molecule has 1 aliphatic carbocycles. The fraction of sp³-hybridized carbons (Fsp3) is 0.263.